The van der Waals surface area contributed by atoms with Gasteiger partial charge in [-0.2, -0.15) is 0 Å². The van der Waals surface area contributed by atoms with Crippen molar-refractivity contribution in [3.05, 3.63) is 0 Å². The molecule has 0 aromatic carbocycles. The van der Waals surface area contributed by atoms with Gasteiger partial charge in [-0.25, -0.2) is 0 Å². The second-order valence-corrected chi connectivity index (χ2v) is 3.08. The number of nitrogens with zero attached hydrogens (tertiary/aromatic N) is 4. The Morgan fingerprint density at radius 1 is 0.917 bits per heavy atom. The Morgan fingerprint density at radius 2 is 1.33 bits per heavy atom. The van der Waals surface area contributed by atoms with Crippen molar-refractivity contribution in [1.29, 1.82) is 0 Å². The molecule has 0 bridgehead atoms. The minimum Gasteiger partial charge on any atom is -0.312 e. The maximum Gasteiger partial charge on any atom is 0.175 e. The highest BCUT2D eigenvalue weighted by Gasteiger charge is 1.92. The molecule has 5 nitrogen and oxygen atoms in total. The van der Waals surface area contributed by atoms with Crippen LogP contribution in [-0.4, -0.2) is 18.8 Å². The van der Waals surface area contributed by atoms with Crippen LogP contribution in [0, 0.1) is 0 Å². The quantitative estimate of drug-likeness (QED) is 0.680. The predicted octanol–water partition coefficient (Wildman–Crippen LogP) is 2.17. The molecule has 1 rings (SSSR count). The van der Waals surface area contributed by atoms with E-state index in [1.807, 2.05) is 0 Å². The molecule has 0 atom stereocenters. The van der Waals surface area contributed by atoms with E-state index < -0.39 is 0 Å². The molecular weight excluding hydrogens is 154 g/mol. The average Bonchev–Trinajstić information content (AvgIpc) is 2.36. The van der Waals surface area contributed by atoms with E-state index in [-0.39, 0.29) is 0 Å². The van der Waals surface area contributed by atoms with Crippen LogP contribution >= 0.6 is 0 Å². The SMILES string of the molecule is C1N=NN=N1.CC(C)NC(C)C. The van der Waals surface area contributed by atoms with Crippen molar-refractivity contribution < 1.29 is 0 Å². The van der Waals surface area contributed by atoms with Crippen LogP contribution in [0.25, 0.3) is 0 Å². The summed E-state index contributed by atoms with van der Waals surface area (Å²) in [6.07, 6.45) is 0. The van der Waals surface area contributed by atoms with Crippen molar-refractivity contribution in [2.45, 2.75) is 39.8 Å². The lowest BCUT2D eigenvalue weighted by Gasteiger charge is -2.10. The van der Waals surface area contributed by atoms with Crippen LogP contribution in [0.3, 0.4) is 0 Å². The molecule has 0 unspecified atom stereocenters. The van der Waals surface area contributed by atoms with Crippen molar-refractivity contribution in [3.63, 3.8) is 0 Å². The van der Waals surface area contributed by atoms with Crippen LogP contribution in [-0.2, 0) is 0 Å². The second kappa shape index (κ2) is 6.84. The van der Waals surface area contributed by atoms with Gasteiger partial charge in [0.05, 0.1) is 0 Å². The Kier molecular flexibility index (Phi) is 6.37. The number of hydrogen-bond acceptors (Lipinski definition) is 5. The molecular formula is C7H17N5. The van der Waals surface area contributed by atoms with E-state index in [9.17, 15) is 0 Å². The molecule has 0 saturated heterocycles. The normalized spacial score (nSPS) is 13.8. The fraction of sp³-hybridized carbons (Fsp3) is 1.00. The lowest BCUT2D eigenvalue weighted by Crippen LogP contribution is -2.29. The van der Waals surface area contributed by atoms with Crippen molar-refractivity contribution in [2.75, 3.05) is 6.67 Å². The fourth-order valence-corrected chi connectivity index (χ4v) is 0.808. The van der Waals surface area contributed by atoms with Gasteiger partial charge in [-0.3, -0.25) is 0 Å². The first-order chi connectivity index (χ1) is 5.63. The molecule has 0 spiro atoms. The minimum absolute atomic E-state index is 0.417. The summed E-state index contributed by atoms with van der Waals surface area (Å²) in [5.74, 6) is 0. The third kappa shape index (κ3) is 9.16. The topological polar surface area (TPSA) is 61.5 Å². The minimum atomic E-state index is 0.417. The lowest BCUT2D eigenvalue weighted by molar-refractivity contribution is 0.518. The third-order valence-corrected chi connectivity index (χ3v) is 0.960. The van der Waals surface area contributed by atoms with Gasteiger partial charge >= 0.3 is 0 Å². The van der Waals surface area contributed by atoms with Gasteiger partial charge in [-0.05, 0) is 10.4 Å². The van der Waals surface area contributed by atoms with E-state index in [4.69, 9.17) is 0 Å². The molecule has 1 aliphatic rings. The Balaban J connectivity index is 0.000000211. The van der Waals surface area contributed by atoms with Gasteiger partial charge in [-0.1, -0.05) is 27.7 Å². The van der Waals surface area contributed by atoms with Gasteiger partial charge in [0.2, 0.25) is 0 Å². The summed E-state index contributed by atoms with van der Waals surface area (Å²) in [6.45, 7) is 9.03. The van der Waals surface area contributed by atoms with Gasteiger partial charge in [0, 0.05) is 12.1 Å². The summed E-state index contributed by atoms with van der Waals surface area (Å²) in [5, 5.41) is 16.4. The zero-order valence-corrected chi connectivity index (χ0v) is 8.15. The van der Waals surface area contributed by atoms with Gasteiger partial charge in [0.15, 0.2) is 6.67 Å². The Morgan fingerprint density at radius 3 is 1.42 bits per heavy atom. The summed E-state index contributed by atoms with van der Waals surface area (Å²) in [6, 6.07) is 1.25. The first-order valence-corrected chi connectivity index (χ1v) is 4.12. The van der Waals surface area contributed by atoms with E-state index in [0.717, 1.165) is 0 Å². The van der Waals surface area contributed by atoms with Crippen molar-refractivity contribution in [3.8, 4) is 0 Å². The van der Waals surface area contributed by atoms with E-state index in [1.165, 1.54) is 0 Å². The maximum absolute atomic E-state index is 3.38. The highest BCUT2D eigenvalue weighted by molar-refractivity contribution is 4.55. The largest absolute Gasteiger partial charge is 0.312 e. The predicted molar refractivity (Wildman–Crippen MR) is 48.0 cm³/mol. The van der Waals surface area contributed by atoms with Crippen molar-refractivity contribution >= 4 is 0 Å². The van der Waals surface area contributed by atoms with Gasteiger partial charge in [-0.15, -0.1) is 10.2 Å². The molecule has 0 aromatic rings. The van der Waals surface area contributed by atoms with E-state index >= 15 is 0 Å². The number of rotatable bonds is 2. The monoisotopic (exact) mass is 171 g/mol. The Hall–Kier alpha value is -0.840. The summed E-state index contributed by atoms with van der Waals surface area (Å²) >= 11 is 0. The van der Waals surface area contributed by atoms with E-state index in [0.29, 0.717) is 18.8 Å². The molecule has 12 heavy (non-hydrogen) atoms. The van der Waals surface area contributed by atoms with Crippen LogP contribution in [0.2, 0.25) is 0 Å². The zero-order valence-electron chi connectivity index (χ0n) is 8.15. The molecule has 1 heterocycles. The Labute approximate surface area is 73.3 Å². The smallest absolute Gasteiger partial charge is 0.175 e. The molecule has 0 radical (unpaired) electrons. The highest BCUT2D eigenvalue weighted by Crippen LogP contribution is 1.88. The van der Waals surface area contributed by atoms with Crippen molar-refractivity contribution in [1.82, 2.24) is 5.32 Å². The summed E-state index contributed by atoms with van der Waals surface area (Å²) < 4.78 is 0. The summed E-state index contributed by atoms with van der Waals surface area (Å²) in [5.41, 5.74) is 0. The zero-order chi connectivity index (χ0) is 9.40. The van der Waals surface area contributed by atoms with Crippen LogP contribution in [0.15, 0.2) is 20.7 Å². The Bertz CT molecular complexity index is 134. The van der Waals surface area contributed by atoms with Crippen LogP contribution in [0.5, 0.6) is 0 Å². The third-order valence-electron chi connectivity index (χ3n) is 0.960. The lowest BCUT2D eigenvalue weighted by atomic mass is 10.3. The van der Waals surface area contributed by atoms with Crippen LogP contribution < -0.4 is 5.32 Å². The molecule has 0 amide bonds. The molecule has 0 aromatic heterocycles. The molecule has 0 fully saturated rings. The van der Waals surface area contributed by atoms with E-state index in [1.54, 1.807) is 0 Å². The molecule has 0 saturated carbocycles. The molecule has 1 N–H and O–H groups in total. The molecule has 0 aliphatic carbocycles. The molecule has 1 aliphatic heterocycles. The molecule has 5 heteroatoms. The van der Waals surface area contributed by atoms with Gasteiger partial charge in [0.25, 0.3) is 0 Å². The first-order valence-electron chi connectivity index (χ1n) is 4.12. The number of nitrogens with one attached hydrogen (secondary N) is 1. The maximum atomic E-state index is 3.38. The van der Waals surface area contributed by atoms with Gasteiger partial charge in [0.1, 0.15) is 0 Å². The van der Waals surface area contributed by atoms with Crippen LogP contribution in [0.1, 0.15) is 27.7 Å². The molecule has 70 valence electrons. The van der Waals surface area contributed by atoms with Gasteiger partial charge < -0.3 is 5.32 Å². The average molecular weight is 171 g/mol. The first kappa shape index (κ1) is 11.2. The summed E-state index contributed by atoms with van der Waals surface area (Å²) in [4.78, 5) is 0. The highest BCUT2D eigenvalue weighted by atomic mass is 15.5. The van der Waals surface area contributed by atoms with Crippen molar-refractivity contribution in [2.24, 2.45) is 20.7 Å². The summed E-state index contributed by atoms with van der Waals surface area (Å²) in [7, 11) is 0. The fourth-order valence-electron chi connectivity index (χ4n) is 0.808. The second-order valence-electron chi connectivity index (χ2n) is 3.08. The number of hydrogen-bond donors (Lipinski definition) is 1. The van der Waals surface area contributed by atoms with E-state index in [2.05, 4.69) is 53.7 Å². The van der Waals surface area contributed by atoms with Crippen LogP contribution in [0.4, 0.5) is 0 Å². The standard InChI is InChI=1S/C6H15N.CH2N4/c1-5(2)7-6(3)4;1-2-4-5-3-1/h5-7H,1-4H3;1H2.